The minimum absolute atomic E-state index is 0.110. The Kier molecular flexibility index (Phi) is 8.46. The lowest BCUT2D eigenvalue weighted by molar-refractivity contribution is -0.125. The molecule has 36 heavy (non-hydrogen) atoms. The molecular weight excluding hydrogens is 525 g/mol. The molecule has 1 atom stereocenters. The van der Waals surface area contributed by atoms with Gasteiger partial charge in [-0.25, -0.2) is 0 Å². The van der Waals surface area contributed by atoms with Gasteiger partial charge in [0, 0.05) is 34.8 Å². The van der Waals surface area contributed by atoms with Gasteiger partial charge < -0.3 is 14.4 Å². The zero-order chi connectivity index (χ0) is 25.7. The van der Waals surface area contributed by atoms with Gasteiger partial charge in [-0.05, 0) is 55.0 Å². The molecule has 188 valence electrons. The number of nitrogens with zero attached hydrogens (tertiary/aromatic N) is 1. The van der Waals surface area contributed by atoms with Gasteiger partial charge in [0.15, 0.2) is 11.5 Å². The Morgan fingerprint density at radius 2 is 1.67 bits per heavy atom. The maximum Gasteiger partial charge on any atom is 0.243 e. The number of benzene rings is 3. The zero-order valence-corrected chi connectivity index (χ0v) is 21.7. The van der Waals surface area contributed by atoms with Gasteiger partial charge in [-0.2, -0.15) is 0 Å². The molecule has 0 aliphatic carbocycles. The van der Waals surface area contributed by atoms with Crippen LogP contribution in [0.1, 0.15) is 18.9 Å². The highest BCUT2D eigenvalue weighted by Crippen LogP contribution is 2.39. The fourth-order valence-corrected chi connectivity index (χ4v) is 4.29. The standard InChI is InChI=1S/C26H24Cl3N3O4/c1-2-35-23-13-20(12-22(29)25(23)36-15-16-3-5-18(27)6-4-16)30-31-26(34)17-11-24(33)32(14-17)21-9-7-19(28)8-10-21/h3-10,12-13,17,30H,2,11,14-15H2,1H3,(H,31,34)/t17-/m1/s1. The quantitative estimate of drug-likeness (QED) is 0.315. The van der Waals surface area contributed by atoms with Gasteiger partial charge in [0.05, 0.1) is 23.2 Å². The van der Waals surface area contributed by atoms with Crippen LogP contribution >= 0.6 is 34.8 Å². The number of hydrogen-bond donors (Lipinski definition) is 2. The van der Waals surface area contributed by atoms with E-state index in [4.69, 9.17) is 44.3 Å². The monoisotopic (exact) mass is 547 g/mol. The third kappa shape index (κ3) is 6.35. The van der Waals surface area contributed by atoms with Crippen molar-refractivity contribution in [1.82, 2.24) is 5.43 Å². The summed E-state index contributed by atoms with van der Waals surface area (Å²) in [5, 5.41) is 1.54. The van der Waals surface area contributed by atoms with Crippen molar-refractivity contribution >= 4 is 58.0 Å². The maximum absolute atomic E-state index is 12.8. The Bertz CT molecular complexity index is 1240. The Morgan fingerprint density at radius 1 is 1.00 bits per heavy atom. The van der Waals surface area contributed by atoms with Crippen LogP contribution in [-0.4, -0.2) is 25.0 Å². The van der Waals surface area contributed by atoms with Crippen LogP contribution in [0.3, 0.4) is 0 Å². The highest BCUT2D eigenvalue weighted by molar-refractivity contribution is 6.32. The summed E-state index contributed by atoms with van der Waals surface area (Å²) >= 11 is 18.3. The minimum Gasteiger partial charge on any atom is -0.490 e. The fraction of sp³-hybridized carbons (Fsp3) is 0.231. The van der Waals surface area contributed by atoms with Crippen LogP contribution in [0.25, 0.3) is 0 Å². The normalized spacial score (nSPS) is 15.1. The van der Waals surface area contributed by atoms with Crippen LogP contribution in [0.2, 0.25) is 15.1 Å². The molecule has 0 unspecified atom stereocenters. The van der Waals surface area contributed by atoms with Gasteiger partial charge in [0.25, 0.3) is 0 Å². The van der Waals surface area contributed by atoms with Crippen molar-refractivity contribution in [3.05, 3.63) is 81.3 Å². The van der Waals surface area contributed by atoms with E-state index in [1.165, 1.54) is 0 Å². The SMILES string of the molecule is CCOc1cc(NNC(=O)[C@@H]2CC(=O)N(c3ccc(Cl)cc3)C2)cc(Cl)c1OCc1ccc(Cl)cc1. The number of amides is 2. The summed E-state index contributed by atoms with van der Waals surface area (Å²) in [5.74, 6) is -0.117. The topological polar surface area (TPSA) is 79.9 Å². The van der Waals surface area contributed by atoms with E-state index >= 15 is 0 Å². The van der Waals surface area contributed by atoms with Crippen LogP contribution in [0.4, 0.5) is 11.4 Å². The number of nitrogens with one attached hydrogen (secondary N) is 2. The first kappa shape index (κ1) is 25.9. The van der Waals surface area contributed by atoms with Crippen molar-refractivity contribution in [3.63, 3.8) is 0 Å². The molecule has 10 heteroatoms. The van der Waals surface area contributed by atoms with Gasteiger partial charge in [0.2, 0.25) is 11.8 Å². The molecule has 2 N–H and O–H groups in total. The summed E-state index contributed by atoms with van der Waals surface area (Å²) in [5.41, 5.74) is 7.66. The highest BCUT2D eigenvalue weighted by Gasteiger charge is 2.35. The lowest BCUT2D eigenvalue weighted by Crippen LogP contribution is -2.36. The molecule has 3 aromatic carbocycles. The molecule has 1 aliphatic heterocycles. The molecule has 7 nitrogen and oxygen atoms in total. The molecule has 0 spiro atoms. The number of carbonyl (C=O) groups excluding carboxylic acids is 2. The second-order valence-electron chi connectivity index (χ2n) is 8.13. The molecule has 1 aliphatic rings. The molecule has 0 radical (unpaired) electrons. The van der Waals surface area contributed by atoms with E-state index in [1.54, 1.807) is 53.4 Å². The van der Waals surface area contributed by atoms with Gasteiger partial charge in [-0.1, -0.05) is 46.9 Å². The van der Waals surface area contributed by atoms with E-state index in [9.17, 15) is 9.59 Å². The molecule has 0 aromatic heterocycles. The molecule has 2 amide bonds. The third-order valence-electron chi connectivity index (χ3n) is 5.57. The highest BCUT2D eigenvalue weighted by atomic mass is 35.5. The Morgan fingerprint density at radius 3 is 2.33 bits per heavy atom. The summed E-state index contributed by atoms with van der Waals surface area (Å²) in [6.45, 7) is 2.80. The van der Waals surface area contributed by atoms with E-state index in [1.807, 2.05) is 19.1 Å². The second-order valence-corrected chi connectivity index (χ2v) is 9.41. The van der Waals surface area contributed by atoms with Crippen LogP contribution in [0, 0.1) is 5.92 Å². The predicted molar refractivity (Wildman–Crippen MR) is 142 cm³/mol. The average molecular weight is 549 g/mol. The molecule has 1 saturated heterocycles. The van der Waals surface area contributed by atoms with E-state index < -0.39 is 5.92 Å². The number of anilines is 2. The van der Waals surface area contributed by atoms with E-state index in [2.05, 4.69) is 10.9 Å². The fourth-order valence-electron chi connectivity index (χ4n) is 3.77. The second kappa shape index (κ2) is 11.7. The van der Waals surface area contributed by atoms with Gasteiger partial charge in [0.1, 0.15) is 6.61 Å². The number of rotatable bonds is 9. The summed E-state index contributed by atoms with van der Waals surface area (Å²) in [4.78, 5) is 26.8. The van der Waals surface area contributed by atoms with Crippen molar-refractivity contribution in [2.45, 2.75) is 20.0 Å². The Hall–Kier alpha value is -3.13. The van der Waals surface area contributed by atoms with Crippen molar-refractivity contribution in [3.8, 4) is 11.5 Å². The number of hydrogen-bond acceptors (Lipinski definition) is 5. The van der Waals surface area contributed by atoms with Crippen LogP contribution in [0.5, 0.6) is 11.5 Å². The molecule has 1 fully saturated rings. The predicted octanol–water partition coefficient (Wildman–Crippen LogP) is 6.12. The van der Waals surface area contributed by atoms with E-state index in [-0.39, 0.29) is 31.4 Å². The lowest BCUT2D eigenvalue weighted by Gasteiger charge is -2.18. The first-order valence-corrected chi connectivity index (χ1v) is 12.4. The molecule has 4 rings (SSSR count). The summed E-state index contributed by atoms with van der Waals surface area (Å²) < 4.78 is 11.6. The smallest absolute Gasteiger partial charge is 0.243 e. The molecular formula is C26H24Cl3N3O4. The van der Waals surface area contributed by atoms with Crippen molar-refractivity contribution in [2.24, 2.45) is 5.92 Å². The van der Waals surface area contributed by atoms with Gasteiger partial charge in [-0.3, -0.25) is 20.4 Å². The average Bonchev–Trinajstić information content (AvgIpc) is 3.25. The zero-order valence-electron chi connectivity index (χ0n) is 19.4. The number of hydrazine groups is 1. The first-order chi connectivity index (χ1) is 17.3. The molecule has 1 heterocycles. The van der Waals surface area contributed by atoms with Gasteiger partial charge in [-0.15, -0.1) is 0 Å². The van der Waals surface area contributed by atoms with Crippen molar-refractivity contribution in [2.75, 3.05) is 23.5 Å². The summed E-state index contributed by atoms with van der Waals surface area (Å²) in [6.07, 6.45) is 0.110. The molecule has 0 saturated carbocycles. The van der Waals surface area contributed by atoms with Crippen molar-refractivity contribution in [1.29, 1.82) is 0 Å². The third-order valence-corrected chi connectivity index (χ3v) is 6.35. The van der Waals surface area contributed by atoms with E-state index in [0.29, 0.717) is 44.5 Å². The Balaban J connectivity index is 1.39. The summed E-state index contributed by atoms with van der Waals surface area (Å²) in [7, 11) is 0. The van der Waals surface area contributed by atoms with Gasteiger partial charge >= 0.3 is 0 Å². The molecule has 3 aromatic rings. The number of carbonyl (C=O) groups is 2. The Labute approximate surface area is 224 Å². The van der Waals surface area contributed by atoms with Crippen LogP contribution in [0.15, 0.2) is 60.7 Å². The summed E-state index contributed by atoms with van der Waals surface area (Å²) in [6, 6.07) is 17.5. The number of halogens is 3. The first-order valence-electron chi connectivity index (χ1n) is 11.3. The van der Waals surface area contributed by atoms with Crippen LogP contribution < -0.4 is 25.2 Å². The minimum atomic E-state index is -0.510. The number of ether oxygens (including phenoxy) is 2. The molecule has 0 bridgehead atoms. The maximum atomic E-state index is 12.8. The van der Waals surface area contributed by atoms with Crippen molar-refractivity contribution < 1.29 is 19.1 Å². The van der Waals surface area contributed by atoms with Crippen LogP contribution in [-0.2, 0) is 16.2 Å². The largest absolute Gasteiger partial charge is 0.490 e. The lowest BCUT2D eigenvalue weighted by atomic mass is 10.1. The van der Waals surface area contributed by atoms with E-state index in [0.717, 1.165) is 5.56 Å².